The largest absolute Gasteiger partial charge is 0.502 e. The zero-order valence-electron chi connectivity index (χ0n) is 17.1. The first-order valence-electron chi connectivity index (χ1n) is 9.59. The molecule has 0 bridgehead atoms. The van der Waals surface area contributed by atoms with Crippen molar-refractivity contribution in [1.82, 2.24) is 15.0 Å². The molecule has 0 radical (unpaired) electrons. The first-order valence-corrected chi connectivity index (χ1v) is 9.59. The number of aromatic hydroxyl groups is 1. The Morgan fingerprint density at radius 1 is 1.10 bits per heavy atom. The van der Waals surface area contributed by atoms with Crippen molar-refractivity contribution < 1.29 is 10.0 Å². The van der Waals surface area contributed by atoms with Crippen LogP contribution >= 0.6 is 0 Å². The van der Waals surface area contributed by atoms with Crippen LogP contribution in [0.15, 0.2) is 53.6 Å². The van der Waals surface area contributed by atoms with Gasteiger partial charge in [-0.1, -0.05) is 18.2 Å². The van der Waals surface area contributed by atoms with E-state index in [1.54, 1.807) is 0 Å². The van der Waals surface area contributed by atoms with Crippen molar-refractivity contribution in [2.75, 3.05) is 28.7 Å². The van der Waals surface area contributed by atoms with Crippen molar-refractivity contribution in [2.24, 2.45) is 5.10 Å². The summed E-state index contributed by atoms with van der Waals surface area (Å²) in [6.45, 7) is 5.43. The molecular weight excluding hydrogens is 400 g/mol. The average Bonchev–Trinajstić information content (AvgIpc) is 2.76. The number of anilines is 4. The molecule has 11 nitrogen and oxygen atoms in total. The van der Waals surface area contributed by atoms with E-state index < -0.39 is 16.4 Å². The van der Waals surface area contributed by atoms with Crippen LogP contribution in [0.4, 0.5) is 29.2 Å². The molecule has 0 aliphatic heterocycles. The van der Waals surface area contributed by atoms with E-state index in [9.17, 15) is 15.2 Å². The minimum absolute atomic E-state index is 0.208. The molecule has 160 valence electrons. The van der Waals surface area contributed by atoms with Crippen LogP contribution < -0.4 is 15.6 Å². The topological polar surface area (TPSA) is 142 Å². The lowest BCUT2D eigenvalue weighted by Crippen LogP contribution is -2.25. The van der Waals surface area contributed by atoms with Gasteiger partial charge in [-0.15, -0.1) is 0 Å². The molecule has 0 saturated carbocycles. The van der Waals surface area contributed by atoms with Crippen molar-refractivity contribution in [3.63, 3.8) is 0 Å². The van der Waals surface area contributed by atoms with Gasteiger partial charge in [-0.2, -0.15) is 20.1 Å². The molecule has 0 aliphatic rings. The van der Waals surface area contributed by atoms with Gasteiger partial charge in [0.1, 0.15) is 0 Å². The summed E-state index contributed by atoms with van der Waals surface area (Å²) in [6.07, 6.45) is 1.37. The van der Waals surface area contributed by atoms with Gasteiger partial charge in [-0.3, -0.25) is 10.1 Å². The summed E-state index contributed by atoms with van der Waals surface area (Å²) in [5.74, 6) is 0.630. The van der Waals surface area contributed by atoms with Crippen molar-refractivity contribution >= 4 is 35.4 Å². The van der Waals surface area contributed by atoms with Gasteiger partial charge in [0.05, 0.1) is 11.1 Å². The summed E-state index contributed by atoms with van der Waals surface area (Å²) >= 11 is 0. The number of hydrazone groups is 1. The summed E-state index contributed by atoms with van der Waals surface area (Å²) in [7, 11) is 0. The molecule has 2 aromatic carbocycles. The van der Waals surface area contributed by atoms with Gasteiger partial charge in [-0.25, -0.2) is 5.43 Å². The fourth-order valence-corrected chi connectivity index (χ4v) is 2.70. The van der Waals surface area contributed by atoms with Crippen LogP contribution in [0.5, 0.6) is 5.75 Å². The number of phenols is 1. The van der Waals surface area contributed by atoms with Crippen LogP contribution in [0.25, 0.3) is 0 Å². The Morgan fingerprint density at radius 3 is 2.48 bits per heavy atom. The van der Waals surface area contributed by atoms with Crippen LogP contribution in [0, 0.1) is 10.1 Å². The fourth-order valence-electron chi connectivity index (χ4n) is 2.70. The Bertz CT molecular complexity index is 1070. The number of nitrogens with zero attached hydrogens (tertiary/aromatic N) is 6. The second-order valence-electron chi connectivity index (χ2n) is 6.32. The molecule has 1 heterocycles. The molecular formula is C20H22N8O3. The molecule has 0 aliphatic carbocycles. The van der Waals surface area contributed by atoms with E-state index in [0.29, 0.717) is 30.5 Å². The summed E-state index contributed by atoms with van der Waals surface area (Å²) in [4.78, 5) is 25.5. The second-order valence-corrected chi connectivity index (χ2v) is 6.32. The number of phenolic OH excluding ortho intramolecular Hbond substituents is 1. The van der Waals surface area contributed by atoms with Crippen molar-refractivity contribution in [3.05, 3.63) is 64.2 Å². The van der Waals surface area contributed by atoms with E-state index in [1.807, 2.05) is 49.1 Å². The molecule has 11 heteroatoms. The quantitative estimate of drug-likeness (QED) is 0.268. The monoisotopic (exact) mass is 422 g/mol. The van der Waals surface area contributed by atoms with Crippen LogP contribution in [0.2, 0.25) is 0 Å². The van der Waals surface area contributed by atoms with Crippen LogP contribution in [-0.4, -0.2) is 44.3 Å². The smallest absolute Gasteiger partial charge is 0.311 e. The van der Waals surface area contributed by atoms with Gasteiger partial charge in [0.25, 0.3) is 0 Å². The number of rotatable bonds is 9. The van der Waals surface area contributed by atoms with Crippen LogP contribution in [0.1, 0.15) is 19.4 Å². The third kappa shape index (κ3) is 5.63. The lowest BCUT2D eigenvalue weighted by Gasteiger charge is -2.19. The molecule has 3 aromatic rings. The summed E-state index contributed by atoms with van der Waals surface area (Å²) in [6, 6.07) is 13.5. The van der Waals surface area contributed by atoms with E-state index in [-0.39, 0.29) is 5.95 Å². The third-order valence-electron chi connectivity index (χ3n) is 4.27. The van der Waals surface area contributed by atoms with Gasteiger partial charge in [0, 0.05) is 30.4 Å². The van der Waals surface area contributed by atoms with Crippen molar-refractivity contribution in [2.45, 2.75) is 13.8 Å². The molecule has 0 unspecified atom stereocenters. The maximum absolute atomic E-state index is 11.0. The van der Waals surface area contributed by atoms with E-state index in [0.717, 1.165) is 5.69 Å². The molecule has 31 heavy (non-hydrogen) atoms. The predicted molar refractivity (Wildman–Crippen MR) is 119 cm³/mol. The van der Waals surface area contributed by atoms with Crippen molar-refractivity contribution in [1.29, 1.82) is 0 Å². The molecule has 3 N–H and O–H groups in total. The Balaban J connectivity index is 1.84. The van der Waals surface area contributed by atoms with E-state index >= 15 is 0 Å². The van der Waals surface area contributed by atoms with E-state index in [2.05, 4.69) is 30.8 Å². The zero-order chi connectivity index (χ0) is 22.2. The Morgan fingerprint density at radius 2 is 1.81 bits per heavy atom. The van der Waals surface area contributed by atoms with E-state index in [4.69, 9.17) is 0 Å². The Hall–Kier alpha value is -4.28. The lowest BCUT2D eigenvalue weighted by molar-refractivity contribution is -0.385. The molecule has 1 aromatic heterocycles. The number of aromatic nitrogens is 3. The molecule has 0 atom stereocenters. The molecule has 3 rings (SSSR count). The highest BCUT2D eigenvalue weighted by Crippen LogP contribution is 2.25. The molecule has 0 fully saturated rings. The number of nitrogens with one attached hydrogen (secondary N) is 2. The number of benzene rings is 2. The minimum Gasteiger partial charge on any atom is -0.502 e. The SMILES string of the molecule is CCN(CC)c1nc(N/N=C\c2ccc(O)c([N+](=O)[O-])c2)nc(Nc2ccccc2)n1. The van der Waals surface area contributed by atoms with Gasteiger partial charge in [0.2, 0.25) is 17.8 Å². The highest BCUT2D eigenvalue weighted by Gasteiger charge is 2.13. The molecule has 0 amide bonds. The van der Waals surface area contributed by atoms with Gasteiger partial charge < -0.3 is 15.3 Å². The molecule has 0 spiro atoms. The van der Waals surface area contributed by atoms with Gasteiger partial charge in [-0.05, 0) is 38.1 Å². The average molecular weight is 422 g/mol. The summed E-state index contributed by atoms with van der Waals surface area (Å²) in [5, 5.41) is 27.7. The Labute approximate surface area is 178 Å². The number of hydrogen-bond donors (Lipinski definition) is 3. The van der Waals surface area contributed by atoms with Gasteiger partial charge >= 0.3 is 5.69 Å². The minimum atomic E-state index is -0.663. The standard InChI is InChI=1S/C20H22N8O3/c1-3-27(4-2)20-24-18(22-15-8-6-5-7-9-15)23-19(25-20)26-21-13-14-10-11-17(29)16(12-14)28(30)31/h5-13,29H,3-4H2,1-2H3,(H2,22,23,24,25,26)/b21-13-. The Kier molecular flexibility index (Phi) is 6.89. The molecule has 0 saturated heterocycles. The third-order valence-corrected chi connectivity index (χ3v) is 4.27. The normalized spacial score (nSPS) is 10.8. The maximum atomic E-state index is 11.0. The number of nitro groups is 1. The maximum Gasteiger partial charge on any atom is 0.311 e. The number of hydrogen-bond acceptors (Lipinski definition) is 10. The summed E-state index contributed by atoms with van der Waals surface area (Å²) < 4.78 is 0. The van der Waals surface area contributed by atoms with E-state index in [1.165, 1.54) is 24.4 Å². The lowest BCUT2D eigenvalue weighted by atomic mass is 10.2. The number of nitro benzene ring substituents is 1. The predicted octanol–water partition coefficient (Wildman–Crippen LogP) is 3.52. The highest BCUT2D eigenvalue weighted by atomic mass is 16.6. The van der Waals surface area contributed by atoms with Crippen LogP contribution in [-0.2, 0) is 0 Å². The van der Waals surface area contributed by atoms with Crippen molar-refractivity contribution in [3.8, 4) is 5.75 Å². The zero-order valence-corrected chi connectivity index (χ0v) is 17.1. The first kappa shape index (κ1) is 21.4. The van der Waals surface area contributed by atoms with Crippen LogP contribution in [0.3, 0.4) is 0 Å². The van der Waals surface area contributed by atoms with Gasteiger partial charge in [0.15, 0.2) is 5.75 Å². The fraction of sp³-hybridized carbons (Fsp3) is 0.200. The number of para-hydroxylation sites is 1. The first-order chi connectivity index (χ1) is 15.0. The summed E-state index contributed by atoms with van der Waals surface area (Å²) in [5.41, 5.74) is 3.59. The second kappa shape index (κ2) is 9.96. The highest BCUT2D eigenvalue weighted by molar-refractivity contribution is 5.82.